The fourth-order valence-corrected chi connectivity index (χ4v) is 0.533. The van der Waals surface area contributed by atoms with Crippen molar-refractivity contribution in [3.63, 3.8) is 0 Å². The van der Waals surface area contributed by atoms with E-state index in [1.165, 1.54) is 0 Å². The van der Waals surface area contributed by atoms with Gasteiger partial charge in [0.1, 0.15) is 0 Å². The van der Waals surface area contributed by atoms with Gasteiger partial charge in [-0.3, -0.25) is 9.59 Å². The van der Waals surface area contributed by atoms with Crippen LogP contribution >= 0.6 is 0 Å². The Kier molecular flexibility index (Phi) is 11.0. The van der Waals surface area contributed by atoms with Crippen LogP contribution in [0.1, 0.15) is 13.8 Å². The predicted octanol–water partition coefficient (Wildman–Crippen LogP) is 0.761. The van der Waals surface area contributed by atoms with Gasteiger partial charge >= 0.3 is 29.4 Å². The molecule has 0 bridgehead atoms. The number of carbonyl (C=O) groups excluding carboxylic acids is 2. The molecule has 11 heteroatoms. The first-order chi connectivity index (χ1) is 8.67. The molecular formula is C10H8CuF6O4. The molecule has 0 aliphatic rings. The Hall–Kier alpha value is -1.48. The summed E-state index contributed by atoms with van der Waals surface area (Å²) >= 11 is 0. The third-order valence-corrected chi connectivity index (χ3v) is 1.23. The van der Waals surface area contributed by atoms with Crippen LogP contribution in [0.25, 0.3) is 0 Å². The molecule has 125 valence electrons. The summed E-state index contributed by atoms with van der Waals surface area (Å²) in [4.78, 5) is 19.8. The summed E-state index contributed by atoms with van der Waals surface area (Å²) in [5, 5.41) is 19.7. The minimum atomic E-state index is -4.92. The minimum absolute atomic E-state index is 0. The monoisotopic (exact) mass is 369 g/mol. The number of rotatable bonds is 2. The third-order valence-electron chi connectivity index (χ3n) is 1.23. The number of allylic oxidation sites excluding steroid dienone is 4. The second kappa shape index (κ2) is 9.45. The molecule has 0 aliphatic carbocycles. The van der Waals surface area contributed by atoms with E-state index in [1.54, 1.807) is 0 Å². The van der Waals surface area contributed by atoms with Crippen LogP contribution in [0.3, 0.4) is 0 Å². The van der Waals surface area contributed by atoms with Crippen LogP contribution in [-0.2, 0) is 26.7 Å². The topological polar surface area (TPSA) is 80.3 Å². The fraction of sp³-hybridized carbons (Fsp3) is 0.400. The first kappa shape index (κ1) is 24.5. The Bertz CT molecular complexity index is 382. The van der Waals surface area contributed by atoms with E-state index >= 15 is 0 Å². The van der Waals surface area contributed by atoms with Crippen molar-refractivity contribution >= 4 is 11.6 Å². The van der Waals surface area contributed by atoms with E-state index in [0.29, 0.717) is 0 Å². The maximum Gasteiger partial charge on any atom is 2.00 e. The van der Waals surface area contributed by atoms with E-state index in [9.17, 15) is 46.1 Å². The van der Waals surface area contributed by atoms with Crippen molar-refractivity contribution in [3.8, 4) is 0 Å². The van der Waals surface area contributed by atoms with Gasteiger partial charge in [-0.15, -0.1) is 0 Å². The molecule has 0 saturated carbocycles. The fourth-order valence-electron chi connectivity index (χ4n) is 0.533. The molecule has 1 radical (unpaired) electrons. The van der Waals surface area contributed by atoms with E-state index in [1.807, 2.05) is 0 Å². The van der Waals surface area contributed by atoms with Crippen molar-refractivity contribution in [1.29, 1.82) is 0 Å². The molecule has 0 rings (SSSR count). The zero-order valence-electron chi connectivity index (χ0n) is 10.4. The van der Waals surface area contributed by atoms with Gasteiger partial charge in [0, 0.05) is 0 Å². The van der Waals surface area contributed by atoms with E-state index in [2.05, 4.69) is 0 Å². The van der Waals surface area contributed by atoms with Crippen molar-refractivity contribution < 1.29 is 63.2 Å². The van der Waals surface area contributed by atoms with Crippen molar-refractivity contribution in [2.45, 2.75) is 26.2 Å². The standard InChI is InChI=1S/2C5H5F3O2.Cu/c2*1-3(9)2-4(10)5(6,7)8;/h2*2,10H,1H3;/q;;+2/p-2/b2*4-2+;. The number of alkyl halides is 6. The molecule has 0 N–H and O–H groups in total. The van der Waals surface area contributed by atoms with E-state index in [-0.39, 0.29) is 29.2 Å². The molecule has 0 saturated heterocycles. The van der Waals surface area contributed by atoms with E-state index < -0.39 is 35.4 Å². The molecule has 0 atom stereocenters. The minimum Gasteiger partial charge on any atom is -0.869 e. The van der Waals surface area contributed by atoms with Crippen LogP contribution < -0.4 is 10.2 Å². The number of hydrogen-bond donors (Lipinski definition) is 0. The zero-order valence-corrected chi connectivity index (χ0v) is 11.3. The summed E-state index contributed by atoms with van der Waals surface area (Å²) in [7, 11) is 0. The summed E-state index contributed by atoms with van der Waals surface area (Å²) in [6.45, 7) is 1.76. The summed E-state index contributed by atoms with van der Waals surface area (Å²) < 4.78 is 67.7. The maximum absolute atomic E-state index is 11.3. The first-order valence-corrected chi connectivity index (χ1v) is 4.61. The summed E-state index contributed by atoms with van der Waals surface area (Å²) in [5.74, 6) is -6.02. The smallest absolute Gasteiger partial charge is 0.869 e. The molecule has 0 aromatic rings. The van der Waals surface area contributed by atoms with Crippen LogP contribution in [-0.4, -0.2) is 23.9 Å². The normalized spacial score (nSPS) is 12.8. The quantitative estimate of drug-likeness (QED) is 0.311. The number of carbonyl (C=O) groups is 2. The van der Waals surface area contributed by atoms with Crippen LogP contribution in [0, 0.1) is 0 Å². The molecule has 0 amide bonds. The zero-order chi connectivity index (χ0) is 16.7. The van der Waals surface area contributed by atoms with Gasteiger partial charge in [-0.25, -0.2) is 0 Å². The van der Waals surface area contributed by atoms with Gasteiger partial charge in [-0.1, -0.05) is 0 Å². The van der Waals surface area contributed by atoms with Crippen molar-refractivity contribution in [3.05, 3.63) is 23.7 Å². The predicted molar refractivity (Wildman–Crippen MR) is 49.6 cm³/mol. The van der Waals surface area contributed by atoms with Crippen molar-refractivity contribution in [1.82, 2.24) is 0 Å². The van der Waals surface area contributed by atoms with Gasteiger partial charge in [-0.2, -0.15) is 26.3 Å². The largest absolute Gasteiger partial charge is 2.00 e. The Morgan fingerprint density at radius 1 is 0.762 bits per heavy atom. The number of ketones is 2. The van der Waals surface area contributed by atoms with E-state index in [0.717, 1.165) is 13.8 Å². The second-order valence-corrected chi connectivity index (χ2v) is 3.23. The second-order valence-electron chi connectivity index (χ2n) is 3.23. The SMILES string of the molecule is CC(=O)/C=C(/[O-])C(F)(F)F.CC(=O)/C=C(/[O-])C(F)(F)F.[Cu+2]. The Balaban J connectivity index is -0.000000295. The first-order valence-electron chi connectivity index (χ1n) is 4.61. The Morgan fingerprint density at radius 2 is 0.952 bits per heavy atom. The average molecular weight is 370 g/mol. The molecule has 0 heterocycles. The molecule has 21 heavy (non-hydrogen) atoms. The average Bonchev–Trinajstić information content (AvgIpc) is 2.13. The molecular weight excluding hydrogens is 362 g/mol. The Morgan fingerprint density at radius 3 is 1.00 bits per heavy atom. The molecule has 0 aliphatic heterocycles. The van der Waals surface area contributed by atoms with Crippen LogP contribution in [0.5, 0.6) is 0 Å². The van der Waals surface area contributed by atoms with Gasteiger partial charge in [0.15, 0.2) is 11.6 Å². The summed E-state index contributed by atoms with van der Waals surface area (Å²) in [5.41, 5.74) is 0. The number of hydrogen-bond acceptors (Lipinski definition) is 4. The van der Waals surface area contributed by atoms with Crippen LogP contribution in [0.15, 0.2) is 23.7 Å². The molecule has 0 fully saturated rings. The van der Waals surface area contributed by atoms with Gasteiger partial charge < -0.3 is 10.2 Å². The third kappa shape index (κ3) is 14.7. The maximum atomic E-state index is 11.3. The van der Waals surface area contributed by atoms with E-state index in [4.69, 9.17) is 0 Å². The van der Waals surface area contributed by atoms with Crippen LogP contribution in [0.4, 0.5) is 26.3 Å². The molecule has 0 spiro atoms. The Labute approximate surface area is 125 Å². The molecule has 0 aromatic carbocycles. The molecule has 0 unspecified atom stereocenters. The van der Waals surface area contributed by atoms with Crippen LogP contribution in [0.2, 0.25) is 0 Å². The van der Waals surface area contributed by atoms with Gasteiger partial charge in [0.05, 0.1) is 0 Å². The van der Waals surface area contributed by atoms with Crippen molar-refractivity contribution in [2.75, 3.05) is 0 Å². The summed E-state index contributed by atoms with van der Waals surface area (Å²) in [6, 6.07) is 0. The molecule has 0 aromatic heterocycles. The van der Waals surface area contributed by atoms with Gasteiger partial charge in [0.2, 0.25) is 0 Å². The van der Waals surface area contributed by atoms with Crippen molar-refractivity contribution in [2.24, 2.45) is 0 Å². The van der Waals surface area contributed by atoms with Gasteiger partial charge in [-0.05, 0) is 37.5 Å². The number of halogens is 6. The molecule has 4 nitrogen and oxygen atoms in total. The summed E-state index contributed by atoms with van der Waals surface area (Å²) in [6.07, 6.45) is -9.82. The van der Waals surface area contributed by atoms with Gasteiger partial charge in [0.25, 0.3) is 0 Å².